The van der Waals surface area contributed by atoms with Gasteiger partial charge in [-0.05, 0) is 36.4 Å². The molecule has 1 aromatic heterocycles. The van der Waals surface area contributed by atoms with Gasteiger partial charge >= 0.3 is 0 Å². The van der Waals surface area contributed by atoms with Crippen LogP contribution in [-0.2, 0) is 4.79 Å². The Labute approximate surface area is 176 Å². The zero-order chi connectivity index (χ0) is 19.5. The van der Waals surface area contributed by atoms with Crippen molar-refractivity contribution in [3.8, 4) is 10.9 Å². The number of fused-ring (bicyclic) bond motifs is 1. The zero-order valence-electron chi connectivity index (χ0n) is 14.9. The van der Waals surface area contributed by atoms with Gasteiger partial charge in [-0.25, -0.2) is 4.98 Å². The molecule has 5 nitrogen and oxygen atoms in total. The number of benzene rings is 2. The van der Waals surface area contributed by atoms with E-state index in [2.05, 4.69) is 4.98 Å². The number of ether oxygens (including phenoxy) is 2. The number of amides is 1. The Kier molecular flexibility index (Phi) is 5.90. The molecular weight excluding hydrogens is 419 g/mol. The van der Waals surface area contributed by atoms with Gasteiger partial charge in [0.1, 0.15) is 17.4 Å². The van der Waals surface area contributed by atoms with Crippen LogP contribution in [0, 0.1) is 0 Å². The molecule has 1 fully saturated rings. The molecule has 0 saturated carbocycles. The second kappa shape index (κ2) is 8.55. The lowest BCUT2D eigenvalue weighted by Crippen LogP contribution is -2.43. The Hall–Kier alpha value is -2.02. The first-order valence-electron chi connectivity index (χ1n) is 8.96. The smallest absolute Gasteiger partial charge is 0.274 e. The first-order chi connectivity index (χ1) is 13.6. The number of piperidine rings is 1. The lowest BCUT2D eigenvalue weighted by molar-refractivity contribution is -0.135. The van der Waals surface area contributed by atoms with Gasteiger partial charge in [-0.15, -0.1) is 0 Å². The summed E-state index contributed by atoms with van der Waals surface area (Å²) >= 11 is 13.5. The summed E-state index contributed by atoms with van der Waals surface area (Å²) < 4.78 is 12.6. The highest BCUT2D eigenvalue weighted by Crippen LogP contribution is 2.33. The number of thiazole rings is 1. The van der Waals surface area contributed by atoms with Crippen molar-refractivity contribution in [3.63, 3.8) is 0 Å². The Bertz CT molecular complexity index is 969. The van der Waals surface area contributed by atoms with Gasteiger partial charge in [0.2, 0.25) is 0 Å². The van der Waals surface area contributed by atoms with E-state index >= 15 is 0 Å². The predicted molar refractivity (Wildman–Crippen MR) is 112 cm³/mol. The molecule has 1 aliphatic heterocycles. The summed E-state index contributed by atoms with van der Waals surface area (Å²) in [5.41, 5.74) is 0.774. The average molecular weight is 437 g/mol. The van der Waals surface area contributed by atoms with Gasteiger partial charge in [0.25, 0.3) is 11.1 Å². The molecule has 0 bridgehead atoms. The Morgan fingerprint density at radius 3 is 2.61 bits per heavy atom. The highest BCUT2D eigenvalue weighted by Gasteiger charge is 2.25. The number of halogens is 2. The van der Waals surface area contributed by atoms with E-state index in [0.29, 0.717) is 34.1 Å². The molecule has 0 N–H and O–H groups in total. The summed E-state index contributed by atoms with van der Waals surface area (Å²) in [5.74, 6) is 0.602. The third-order valence-corrected chi connectivity index (χ3v) is 6.06. The van der Waals surface area contributed by atoms with E-state index in [-0.39, 0.29) is 18.6 Å². The predicted octanol–water partition coefficient (Wildman–Crippen LogP) is 5.05. The fourth-order valence-corrected chi connectivity index (χ4v) is 4.38. The number of hydrogen-bond donors (Lipinski definition) is 0. The maximum absolute atomic E-state index is 12.4. The molecule has 1 aliphatic rings. The van der Waals surface area contributed by atoms with Crippen LogP contribution in [0.5, 0.6) is 10.9 Å². The maximum Gasteiger partial charge on any atom is 0.274 e. The molecule has 8 heteroatoms. The van der Waals surface area contributed by atoms with E-state index in [4.69, 9.17) is 32.7 Å². The monoisotopic (exact) mass is 436 g/mol. The Morgan fingerprint density at radius 1 is 1.14 bits per heavy atom. The van der Waals surface area contributed by atoms with E-state index in [1.54, 1.807) is 24.3 Å². The van der Waals surface area contributed by atoms with E-state index < -0.39 is 0 Å². The second-order valence-electron chi connectivity index (χ2n) is 6.51. The van der Waals surface area contributed by atoms with Crippen LogP contribution in [0.1, 0.15) is 12.8 Å². The summed E-state index contributed by atoms with van der Waals surface area (Å²) in [6.07, 6.45) is 1.56. The molecule has 0 atom stereocenters. The van der Waals surface area contributed by atoms with Gasteiger partial charge in [0.05, 0.1) is 9.72 Å². The molecule has 0 radical (unpaired) electrons. The van der Waals surface area contributed by atoms with Gasteiger partial charge in [-0.1, -0.05) is 40.6 Å². The highest BCUT2D eigenvalue weighted by molar-refractivity contribution is 7.20. The van der Waals surface area contributed by atoms with Gasteiger partial charge in [0.15, 0.2) is 6.61 Å². The van der Waals surface area contributed by atoms with Crippen molar-refractivity contribution in [1.82, 2.24) is 9.88 Å². The van der Waals surface area contributed by atoms with Crippen LogP contribution in [0.3, 0.4) is 0 Å². The van der Waals surface area contributed by atoms with Gasteiger partial charge in [0, 0.05) is 31.0 Å². The van der Waals surface area contributed by atoms with Crippen LogP contribution in [0.2, 0.25) is 10.0 Å². The molecule has 0 spiro atoms. The normalized spacial score (nSPS) is 15.0. The average Bonchev–Trinajstić information content (AvgIpc) is 3.12. The fourth-order valence-electron chi connectivity index (χ4n) is 3.08. The van der Waals surface area contributed by atoms with Gasteiger partial charge < -0.3 is 14.4 Å². The van der Waals surface area contributed by atoms with E-state index in [1.165, 1.54) is 11.3 Å². The maximum atomic E-state index is 12.4. The molecular formula is C20H18Cl2N2O3S. The van der Waals surface area contributed by atoms with Crippen molar-refractivity contribution in [3.05, 3.63) is 52.5 Å². The van der Waals surface area contributed by atoms with Crippen molar-refractivity contribution in [1.29, 1.82) is 0 Å². The van der Waals surface area contributed by atoms with Gasteiger partial charge in [-0.2, -0.15) is 0 Å². The van der Waals surface area contributed by atoms with Crippen molar-refractivity contribution in [2.45, 2.75) is 18.9 Å². The van der Waals surface area contributed by atoms with Crippen molar-refractivity contribution >= 4 is 50.7 Å². The lowest BCUT2D eigenvalue weighted by atomic mass is 10.1. The largest absolute Gasteiger partial charge is 0.484 e. The van der Waals surface area contributed by atoms with E-state index in [9.17, 15) is 4.79 Å². The molecule has 28 heavy (non-hydrogen) atoms. The standard InChI is InChI=1S/C20H18Cl2N2O3S/c21-13-4-6-14(7-5-13)26-12-18(25)24-10-8-15(9-11-24)27-20-23-19-16(22)2-1-3-17(19)28-20/h1-7,15H,8-12H2. The molecule has 2 aromatic carbocycles. The van der Waals surface area contributed by atoms with E-state index in [0.717, 1.165) is 23.1 Å². The number of rotatable bonds is 5. The summed E-state index contributed by atoms with van der Waals surface area (Å²) in [5, 5.41) is 1.89. The number of nitrogens with zero attached hydrogens (tertiary/aromatic N) is 2. The summed E-state index contributed by atoms with van der Waals surface area (Å²) in [4.78, 5) is 18.7. The highest BCUT2D eigenvalue weighted by atomic mass is 35.5. The fraction of sp³-hybridized carbons (Fsp3) is 0.300. The number of para-hydroxylation sites is 1. The minimum Gasteiger partial charge on any atom is -0.484 e. The van der Waals surface area contributed by atoms with Crippen LogP contribution in [0.15, 0.2) is 42.5 Å². The quantitative estimate of drug-likeness (QED) is 0.561. The lowest BCUT2D eigenvalue weighted by Gasteiger charge is -2.31. The van der Waals surface area contributed by atoms with Gasteiger partial charge in [-0.3, -0.25) is 4.79 Å². The topological polar surface area (TPSA) is 51.7 Å². The molecule has 4 rings (SSSR count). The molecule has 146 valence electrons. The summed E-state index contributed by atoms with van der Waals surface area (Å²) in [7, 11) is 0. The second-order valence-corrected chi connectivity index (χ2v) is 8.34. The van der Waals surface area contributed by atoms with Crippen LogP contribution in [-0.4, -0.2) is 41.6 Å². The number of carbonyl (C=O) groups is 1. The summed E-state index contributed by atoms with van der Waals surface area (Å²) in [6, 6.07) is 12.7. The number of likely N-dealkylation sites (tertiary alicyclic amines) is 1. The van der Waals surface area contributed by atoms with Crippen molar-refractivity contribution in [2.75, 3.05) is 19.7 Å². The van der Waals surface area contributed by atoms with Crippen molar-refractivity contribution in [2.24, 2.45) is 0 Å². The SMILES string of the molecule is O=C(COc1ccc(Cl)cc1)N1CCC(Oc2nc3c(Cl)cccc3s2)CC1. The zero-order valence-corrected chi connectivity index (χ0v) is 17.3. The molecule has 1 amide bonds. The molecule has 2 heterocycles. The Balaban J connectivity index is 1.27. The number of carbonyl (C=O) groups excluding carboxylic acids is 1. The van der Waals surface area contributed by atoms with Crippen molar-refractivity contribution < 1.29 is 14.3 Å². The van der Waals surface area contributed by atoms with Crippen LogP contribution in [0.4, 0.5) is 0 Å². The third-order valence-electron chi connectivity index (χ3n) is 4.59. The van der Waals surface area contributed by atoms with Crippen LogP contribution in [0.25, 0.3) is 10.2 Å². The molecule has 3 aromatic rings. The van der Waals surface area contributed by atoms with E-state index in [1.807, 2.05) is 23.1 Å². The molecule has 0 unspecified atom stereocenters. The van der Waals surface area contributed by atoms with Crippen LogP contribution >= 0.6 is 34.5 Å². The number of hydrogen-bond acceptors (Lipinski definition) is 5. The van der Waals surface area contributed by atoms with Crippen LogP contribution < -0.4 is 9.47 Å². The minimum absolute atomic E-state index is 0.0174. The molecule has 0 aliphatic carbocycles. The Morgan fingerprint density at radius 2 is 1.89 bits per heavy atom. The number of aromatic nitrogens is 1. The summed E-state index contributed by atoms with van der Waals surface area (Å²) in [6.45, 7) is 1.29. The molecule has 1 saturated heterocycles. The first kappa shape index (κ1) is 19.3. The first-order valence-corrected chi connectivity index (χ1v) is 10.5. The minimum atomic E-state index is -0.0276. The third kappa shape index (κ3) is 4.51.